The minimum absolute atomic E-state index is 0.0254. The molecule has 5 atom stereocenters. The smallest absolute Gasteiger partial charge is 0.246 e. The normalized spacial score (nSPS) is 24.8. The van der Waals surface area contributed by atoms with Crippen LogP contribution in [0.5, 0.6) is 0 Å². The molecule has 1 saturated carbocycles. The van der Waals surface area contributed by atoms with E-state index in [-0.39, 0.29) is 48.2 Å². The van der Waals surface area contributed by atoms with Gasteiger partial charge in [0.05, 0.1) is 12.1 Å². The van der Waals surface area contributed by atoms with Crippen LogP contribution in [0.2, 0.25) is 0 Å². The number of rotatable bonds is 9. The van der Waals surface area contributed by atoms with E-state index in [4.69, 9.17) is 0 Å². The second-order valence-electron chi connectivity index (χ2n) is 11.4. The predicted octanol–water partition coefficient (Wildman–Crippen LogP) is 2.35. The standard InChI is InChI=1S/C30H45N5O4/c1-4-26(36)32-22-17-25(29(38)33-24-16-10-14-20-11-8-9-15-23(20)24)35(18-22)30(39)27(21-12-6-5-7-13-21)34-28(37)19(2)31-3/h8-9,11,15,19,21-22,24-25,27,31H,4-7,10,12-14,16-18H2,1-3H3,(H,32,36)(H,33,38)(H,34,37)/t19-,22-,24+,25-,27-/m0/s1. The highest BCUT2D eigenvalue weighted by atomic mass is 16.2. The molecule has 214 valence electrons. The number of hydrogen-bond donors (Lipinski definition) is 4. The van der Waals surface area contributed by atoms with E-state index in [1.165, 1.54) is 5.56 Å². The first-order chi connectivity index (χ1) is 18.8. The number of nitrogens with zero attached hydrogens (tertiary/aromatic N) is 1. The van der Waals surface area contributed by atoms with Crippen molar-refractivity contribution in [3.8, 4) is 0 Å². The van der Waals surface area contributed by atoms with Crippen LogP contribution >= 0.6 is 0 Å². The minimum Gasteiger partial charge on any atom is -0.352 e. The first-order valence-corrected chi connectivity index (χ1v) is 14.8. The van der Waals surface area contributed by atoms with Gasteiger partial charge in [-0.15, -0.1) is 0 Å². The number of fused-ring (bicyclic) bond motifs is 1. The third-order valence-corrected chi connectivity index (χ3v) is 8.77. The number of hydrogen-bond acceptors (Lipinski definition) is 5. The summed E-state index contributed by atoms with van der Waals surface area (Å²) in [5.74, 6) is -0.727. The number of nitrogens with one attached hydrogen (secondary N) is 4. The van der Waals surface area contributed by atoms with E-state index in [1.807, 2.05) is 12.1 Å². The third-order valence-electron chi connectivity index (χ3n) is 8.77. The van der Waals surface area contributed by atoms with E-state index >= 15 is 0 Å². The van der Waals surface area contributed by atoms with Gasteiger partial charge in [-0.3, -0.25) is 19.2 Å². The summed E-state index contributed by atoms with van der Waals surface area (Å²) in [7, 11) is 1.72. The predicted molar refractivity (Wildman–Crippen MR) is 150 cm³/mol. The fourth-order valence-electron chi connectivity index (χ4n) is 6.37. The maximum Gasteiger partial charge on any atom is 0.246 e. The van der Waals surface area contributed by atoms with Crippen LogP contribution in [-0.4, -0.2) is 66.3 Å². The molecule has 1 aliphatic heterocycles. The van der Waals surface area contributed by atoms with Gasteiger partial charge in [0.15, 0.2) is 0 Å². The number of aryl methyl sites for hydroxylation is 1. The molecule has 2 aliphatic carbocycles. The molecule has 0 spiro atoms. The van der Waals surface area contributed by atoms with Crippen LogP contribution in [0.4, 0.5) is 0 Å². The summed E-state index contributed by atoms with van der Waals surface area (Å²) in [6.45, 7) is 3.81. The Morgan fingerprint density at radius 3 is 2.46 bits per heavy atom. The molecule has 1 aromatic rings. The second kappa shape index (κ2) is 13.4. The molecule has 0 aromatic heterocycles. The van der Waals surface area contributed by atoms with E-state index < -0.39 is 18.1 Å². The van der Waals surface area contributed by atoms with Crippen LogP contribution in [0.15, 0.2) is 24.3 Å². The molecular weight excluding hydrogens is 494 g/mol. The zero-order valence-electron chi connectivity index (χ0n) is 23.6. The number of benzene rings is 1. The maximum absolute atomic E-state index is 14.2. The topological polar surface area (TPSA) is 120 Å². The number of carbonyl (C=O) groups excluding carboxylic acids is 4. The van der Waals surface area contributed by atoms with E-state index in [0.29, 0.717) is 12.8 Å². The Hall–Kier alpha value is -2.94. The summed E-state index contributed by atoms with van der Waals surface area (Å²) in [6, 6.07) is 5.94. The maximum atomic E-state index is 14.2. The zero-order chi connectivity index (χ0) is 27.9. The van der Waals surface area contributed by atoms with Crippen molar-refractivity contribution < 1.29 is 19.2 Å². The molecular formula is C30H45N5O4. The highest BCUT2D eigenvalue weighted by Gasteiger charge is 2.45. The van der Waals surface area contributed by atoms with Crippen molar-refractivity contribution in [3.63, 3.8) is 0 Å². The first kappa shape index (κ1) is 29.1. The Morgan fingerprint density at radius 1 is 1.00 bits per heavy atom. The van der Waals surface area contributed by atoms with Crippen molar-refractivity contribution in [2.75, 3.05) is 13.6 Å². The molecule has 0 bridgehead atoms. The lowest BCUT2D eigenvalue weighted by atomic mass is 9.83. The SMILES string of the molecule is CCC(=O)N[C@H]1C[C@@H](C(=O)N[C@@H]2CCCc3ccccc32)N(C(=O)[C@@H](NC(=O)[C@H](C)NC)C2CCCCC2)C1. The average Bonchev–Trinajstić information content (AvgIpc) is 3.39. The lowest BCUT2D eigenvalue weighted by molar-refractivity contribution is -0.143. The van der Waals surface area contributed by atoms with E-state index in [2.05, 4.69) is 33.4 Å². The fraction of sp³-hybridized carbons (Fsp3) is 0.667. The molecule has 1 saturated heterocycles. The van der Waals surface area contributed by atoms with Crippen LogP contribution in [0.25, 0.3) is 0 Å². The van der Waals surface area contributed by atoms with Gasteiger partial charge in [-0.2, -0.15) is 0 Å². The van der Waals surface area contributed by atoms with Gasteiger partial charge in [-0.05, 0) is 69.5 Å². The van der Waals surface area contributed by atoms with Gasteiger partial charge in [0.25, 0.3) is 0 Å². The minimum atomic E-state index is -0.710. The van der Waals surface area contributed by atoms with Crippen molar-refractivity contribution in [3.05, 3.63) is 35.4 Å². The molecule has 1 heterocycles. The van der Waals surface area contributed by atoms with Crippen LogP contribution < -0.4 is 21.3 Å². The van der Waals surface area contributed by atoms with E-state index in [0.717, 1.165) is 56.9 Å². The van der Waals surface area contributed by atoms with Crippen molar-refractivity contribution >= 4 is 23.6 Å². The van der Waals surface area contributed by atoms with E-state index in [1.54, 1.807) is 25.8 Å². The van der Waals surface area contributed by atoms with Gasteiger partial charge in [0.1, 0.15) is 12.1 Å². The number of carbonyl (C=O) groups is 4. The van der Waals surface area contributed by atoms with Crippen LogP contribution in [0, 0.1) is 5.92 Å². The molecule has 39 heavy (non-hydrogen) atoms. The molecule has 2 fully saturated rings. The quantitative estimate of drug-likeness (QED) is 0.384. The van der Waals surface area contributed by atoms with Crippen molar-refractivity contribution in [2.45, 2.75) is 108 Å². The van der Waals surface area contributed by atoms with Gasteiger partial charge in [0, 0.05) is 19.0 Å². The van der Waals surface area contributed by atoms with Crippen molar-refractivity contribution in [1.82, 2.24) is 26.2 Å². The number of likely N-dealkylation sites (tertiary alicyclic amines) is 1. The lowest BCUT2D eigenvalue weighted by Gasteiger charge is -2.35. The summed E-state index contributed by atoms with van der Waals surface area (Å²) >= 11 is 0. The van der Waals surface area contributed by atoms with Crippen molar-refractivity contribution in [2.24, 2.45) is 5.92 Å². The van der Waals surface area contributed by atoms with Crippen LogP contribution in [0.3, 0.4) is 0 Å². The number of amides is 4. The van der Waals surface area contributed by atoms with E-state index in [9.17, 15) is 19.2 Å². The fourth-order valence-corrected chi connectivity index (χ4v) is 6.37. The Labute approximate surface area is 232 Å². The summed E-state index contributed by atoms with van der Waals surface area (Å²) in [4.78, 5) is 54.8. The monoisotopic (exact) mass is 539 g/mol. The number of likely N-dealkylation sites (N-methyl/N-ethyl adjacent to an activating group) is 1. The highest BCUT2D eigenvalue weighted by molar-refractivity contribution is 5.94. The molecule has 0 unspecified atom stereocenters. The molecule has 9 heteroatoms. The van der Waals surface area contributed by atoms with Gasteiger partial charge in [-0.25, -0.2) is 0 Å². The Kier molecular flexibility index (Phi) is 9.99. The molecule has 9 nitrogen and oxygen atoms in total. The summed E-state index contributed by atoms with van der Waals surface area (Å²) < 4.78 is 0. The molecule has 3 aliphatic rings. The largest absolute Gasteiger partial charge is 0.352 e. The van der Waals surface area contributed by atoms with Gasteiger partial charge < -0.3 is 26.2 Å². The average molecular weight is 540 g/mol. The zero-order valence-corrected chi connectivity index (χ0v) is 23.6. The van der Waals surface area contributed by atoms with Crippen molar-refractivity contribution in [1.29, 1.82) is 0 Å². The van der Waals surface area contributed by atoms with Crippen LogP contribution in [-0.2, 0) is 25.6 Å². The Balaban J connectivity index is 1.57. The molecule has 4 N–H and O–H groups in total. The molecule has 1 aromatic carbocycles. The van der Waals surface area contributed by atoms with Gasteiger partial charge in [-0.1, -0.05) is 50.5 Å². The Bertz CT molecular complexity index is 1040. The highest BCUT2D eigenvalue weighted by Crippen LogP contribution is 2.32. The molecule has 0 radical (unpaired) electrons. The Morgan fingerprint density at radius 2 is 1.74 bits per heavy atom. The summed E-state index contributed by atoms with van der Waals surface area (Å²) in [6.07, 6.45) is 8.42. The van der Waals surface area contributed by atoms with Crippen LogP contribution in [0.1, 0.15) is 88.8 Å². The first-order valence-electron chi connectivity index (χ1n) is 14.8. The third kappa shape index (κ3) is 6.99. The molecule has 4 amide bonds. The second-order valence-corrected chi connectivity index (χ2v) is 11.4. The summed E-state index contributed by atoms with van der Waals surface area (Å²) in [5, 5.41) is 12.2. The van der Waals surface area contributed by atoms with Gasteiger partial charge in [0.2, 0.25) is 23.6 Å². The molecule has 4 rings (SSSR count). The summed E-state index contributed by atoms with van der Waals surface area (Å²) in [5.41, 5.74) is 2.39. The lowest BCUT2D eigenvalue weighted by Crippen LogP contribution is -2.58. The van der Waals surface area contributed by atoms with Gasteiger partial charge >= 0.3 is 0 Å².